The summed E-state index contributed by atoms with van der Waals surface area (Å²) < 4.78 is 93.9. The molecule has 2 heterocycles. The molecule has 2 aromatic rings. The zero-order valence-electron chi connectivity index (χ0n) is 22.6. The molecule has 1 N–H and O–H groups in total. The highest BCUT2D eigenvalue weighted by atomic mass is 19.4. The molecule has 0 spiro atoms. The second kappa shape index (κ2) is 11.4. The van der Waals surface area contributed by atoms with Crippen molar-refractivity contribution in [1.29, 1.82) is 0 Å². The topological polar surface area (TPSA) is 81.2 Å². The molecule has 4 rings (SSSR count). The van der Waals surface area contributed by atoms with E-state index in [1.54, 1.807) is 6.92 Å². The highest BCUT2D eigenvalue weighted by molar-refractivity contribution is 5.84. The largest absolute Gasteiger partial charge is 0.465 e. The number of carbonyl (C=O) groups is 3. The SMILES string of the molecule is Cc1cc(F)ccc1C1CN(C(=O)C2CN(C(=O)O)C2)CCC1C(=O)N(C)Cc1cc(C(F)(F)F)cc(C(F)(F)F)c1. The number of piperidine rings is 1. The van der Waals surface area contributed by atoms with E-state index in [9.17, 15) is 45.1 Å². The molecule has 42 heavy (non-hydrogen) atoms. The Morgan fingerprint density at radius 1 is 0.929 bits per heavy atom. The molecule has 14 heteroatoms. The molecule has 0 aromatic heterocycles. The van der Waals surface area contributed by atoms with Crippen LogP contribution in [0, 0.1) is 24.6 Å². The third-order valence-electron chi connectivity index (χ3n) is 7.82. The summed E-state index contributed by atoms with van der Waals surface area (Å²) in [5, 5.41) is 9.07. The Labute approximate surface area is 236 Å². The predicted molar refractivity (Wildman–Crippen MR) is 135 cm³/mol. The summed E-state index contributed by atoms with van der Waals surface area (Å²) >= 11 is 0. The van der Waals surface area contributed by atoms with Crippen molar-refractivity contribution in [3.05, 3.63) is 70.0 Å². The van der Waals surface area contributed by atoms with Crippen molar-refractivity contribution in [1.82, 2.24) is 14.7 Å². The van der Waals surface area contributed by atoms with Gasteiger partial charge in [0.1, 0.15) is 5.82 Å². The first-order valence-electron chi connectivity index (χ1n) is 13.0. The van der Waals surface area contributed by atoms with Crippen LogP contribution in [0.25, 0.3) is 0 Å². The maximum absolute atomic E-state index is 13.9. The van der Waals surface area contributed by atoms with Crippen LogP contribution in [0.4, 0.5) is 35.5 Å². The number of benzene rings is 2. The van der Waals surface area contributed by atoms with Crippen LogP contribution in [0.1, 0.15) is 40.2 Å². The number of nitrogens with zero attached hydrogens (tertiary/aromatic N) is 3. The minimum atomic E-state index is -5.04. The summed E-state index contributed by atoms with van der Waals surface area (Å²) in [5.41, 5.74) is -2.26. The van der Waals surface area contributed by atoms with Gasteiger partial charge in [0.05, 0.1) is 17.0 Å². The van der Waals surface area contributed by atoms with Crippen LogP contribution >= 0.6 is 0 Å². The maximum atomic E-state index is 13.9. The third kappa shape index (κ3) is 6.62. The summed E-state index contributed by atoms with van der Waals surface area (Å²) in [5.74, 6) is -3.38. The van der Waals surface area contributed by atoms with Crippen LogP contribution < -0.4 is 0 Å². The van der Waals surface area contributed by atoms with Crippen LogP contribution in [-0.4, -0.2) is 70.9 Å². The normalized spacial score (nSPS) is 19.8. The number of hydrogen-bond donors (Lipinski definition) is 1. The summed E-state index contributed by atoms with van der Waals surface area (Å²) in [6, 6.07) is 5.11. The molecule has 2 saturated heterocycles. The highest BCUT2D eigenvalue weighted by Crippen LogP contribution is 2.39. The molecule has 0 radical (unpaired) electrons. The number of aryl methyl sites for hydroxylation is 1. The Kier molecular flexibility index (Phi) is 8.47. The molecular weight excluding hydrogens is 575 g/mol. The summed E-state index contributed by atoms with van der Waals surface area (Å²) in [6.07, 6.45) is -11.1. The quantitative estimate of drug-likeness (QED) is 0.466. The van der Waals surface area contributed by atoms with Crippen LogP contribution in [0.3, 0.4) is 0 Å². The standard InChI is InChI=1S/C28H28F7N3O4/c1-15-7-20(29)3-4-21(15)23-14-37(24(39)17-12-38(13-17)26(41)42)6-5-22(23)25(40)36(2)11-16-8-18(27(30,31)32)10-19(9-16)28(33,34)35/h3-4,7-10,17,22-23H,5-6,11-14H2,1-2H3,(H,41,42). The minimum absolute atomic E-state index is 0.0170. The van der Waals surface area contributed by atoms with Gasteiger partial charge in [0.25, 0.3) is 0 Å². The lowest BCUT2D eigenvalue weighted by Gasteiger charge is -2.44. The zero-order valence-corrected chi connectivity index (χ0v) is 22.6. The highest BCUT2D eigenvalue weighted by Gasteiger charge is 2.43. The second-order valence-corrected chi connectivity index (χ2v) is 10.8. The van der Waals surface area contributed by atoms with Crippen molar-refractivity contribution in [2.24, 2.45) is 11.8 Å². The van der Waals surface area contributed by atoms with Crippen molar-refractivity contribution in [3.63, 3.8) is 0 Å². The monoisotopic (exact) mass is 603 g/mol. The lowest BCUT2D eigenvalue weighted by Crippen LogP contribution is -2.58. The summed E-state index contributed by atoms with van der Waals surface area (Å²) in [6.45, 7) is 1.33. The molecule has 0 bridgehead atoms. The molecule has 2 aromatic carbocycles. The van der Waals surface area contributed by atoms with Gasteiger partial charge in [-0.25, -0.2) is 9.18 Å². The molecule has 228 valence electrons. The lowest BCUT2D eigenvalue weighted by molar-refractivity contribution is -0.146. The smallest absolute Gasteiger partial charge is 0.416 e. The van der Waals surface area contributed by atoms with Crippen LogP contribution in [0.5, 0.6) is 0 Å². The fourth-order valence-corrected chi connectivity index (χ4v) is 5.61. The van der Waals surface area contributed by atoms with E-state index < -0.39 is 65.6 Å². The Morgan fingerprint density at radius 3 is 2.05 bits per heavy atom. The Balaban J connectivity index is 1.58. The molecule has 2 fully saturated rings. The van der Waals surface area contributed by atoms with Crippen molar-refractivity contribution in [3.8, 4) is 0 Å². The second-order valence-electron chi connectivity index (χ2n) is 10.8. The van der Waals surface area contributed by atoms with Gasteiger partial charge in [0.2, 0.25) is 11.8 Å². The average Bonchev–Trinajstić information content (AvgIpc) is 2.85. The molecule has 7 nitrogen and oxygen atoms in total. The Bertz CT molecular complexity index is 1340. The van der Waals surface area contributed by atoms with Crippen molar-refractivity contribution >= 4 is 17.9 Å². The first-order chi connectivity index (χ1) is 19.5. The van der Waals surface area contributed by atoms with Crippen molar-refractivity contribution in [2.45, 2.75) is 38.2 Å². The number of amides is 3. The van der Waals surface area contributed by atoms with Gasteiger partial charge in [-0.15, -0.1) is 0 Å². The number of likely N-dealkylation sites (tertiary alicyclic amines) is 2. The van der Waals surface area contributed by atoms with E-state index in [0.717, 1.165) is 9.80 Å². The first kappa shape index (κ1) is 31.1. The van der Waals surface area contributed by atoms with Gasteiger partial charge in [0.15, 0.2) is 0 Å². The van der Waals surface area contributed by atoms with Gasteiger partial charge in [-0.05, 0) is 60.4 Å². The van der Waals surface area contributed by atoms with Crippen LogP contribution in [-0.2, 0) is 28.5 Å². The molecular formula is C28H28F7N3O4. The van der Waals surface area contributed by atoms with Gasteiger partial charge >= 0.3 is 18.4 Å². The predicted octanol–water partition coefficient (Wildman–Crippen LogP) is 5.37. The Hall–Kier alpha value is -3.84. The molecule has 2 aliphatic heterocycles. The molecule has 2 unspecified atom stereocenters. The number of hydrogen-bond acceptors (Lipinski definition) is 3. The number of halogens is 7. The van der Waals surface area contributed by atoms with E-state index in [4.69, 9.17) is 5.11 Å². The van der Waals surface area contributed by atoms with E-state index in [1.165, 1.54) is 30.1 Å². The van der Waals surface area contributed by atoms with Gasteiger partial charge in [-0.3, -0.25) is 9.59 Å². The van der Waals surface area contributed by atoms with E-state index in [2.05, 4.69) is 0 Å². The third-order valence-corrected chi connectivity index (χ3v) is 7.82. The van der Waals surface area contributed by atoms with E-state index in [1.807, 2.05) is 0 Å². The van der Waals surface area contributed by atoms with Crippen LogP contribution in [0.2, 0.25) is 0 Å². The molecule has 2 atom stereocenters. The first-order valence-corrected chi connectivity index (χ1v) is 13.0. The molecule has 2 aliphatic rings. The average molecular weight is 604 g/mol. The van der Waals surface area contributed by atoms with E-state index in [0.29, 0.717) is 23.3 Å². The van der Waals surface area contributed by atoms with Gasteiger partial charge in [0, 0.05) is 51.6 Å². The van der Waals surface area contributed by atoms with Gasteiger partial charge in [-0.2, -0.15) is 26.3 Å². The number of carbonyl (C=O) groups excluding carboxylic acids is 2. The van der Waals surface area contributed by atoms with Gasteiger partial charge < -0.3 is 19.8 Å². The lowest BCUT2D eigenvalue weighted by atomic mass is 9.77. The Morgan fingerprint density at radius 2 is 1.52 bits per heavy atom. The van der Waals surface area contributed by atoms with E-state index in [-0.39, 0.29) is 50.1 Å². The fourth-order valence-electron chi connectivity index (χ4n) is 5.61. The summed E-state index contributed by atoms with van der Waals surface area (Å²) in [7, 11) is 1.27. The molecule has 3 amide bonds. The number of rotatable bonds is 5. The van der Waals surface area contributed by atoms with Crippen LogP contribution in [0.15, 0.2) is 36.4 Å². The minimum Gasteiger partial charge on any atom is -0.465 e. The van der Waals surface area contributed by atoms with Crippen molar-refractivity contribution < 1.29 is 50.2 Å². The zero-order chi connectivity index (χ0) is 31.1. The molecule has 0 saturated carbocycles. The van der Waals surface area contributed by atoms with Crippen molar-refractivity contribution in [2.75, 3.05) is 33.2 Å². The summed E-state index contributed by atoms with van der Waals surface area (Å²) in [4.78, 5) is 41.5. The van der Waals surface area contributed by atoms with E-state index >= 15 is 0 Å². The fraction of sp³-hybridized carbons (Fsp3) is 0.464. The van der Waals surface area contributed by atoms with Gasteiger partial charge in [-0.1, -0.05) is 6.07 Å². The molecule has 0 aliphatic carbocycles. The number of carboxylic acid groups (broad SMARTS) is 1. The maximum Gasteiger partial charge on any atom is 0.416 e. The number of alkyl halides is 6.